The van der Waals surface area contributed by atoms with Crippen LogP contribution in [0.25, 0.3) is 0 Å². The van der Waals surface area contributed by atoms with Gasteiger partial charge in [-0.3, -0.25) is 19.2 Å². The SMILES string of the molecule is C[C@@H](NC(=O)[C@H](CCC(=O)OC1CCCCC1)NC(=O)OC(C)(C)C)C(=O)N[C@@H](CCCCNC(=O)OCc1ccccc1)C(=O)N[C@H](C)C(=O)OCc1ccccc1. The molecule has 0 radical (unpaired) electrons. The third-order valence-corrected chi connectivity index (χ3v) is 9.22. The Bertz CT molecular complexity index is 1660. The summed E-state index contributed by atoms with van der Waals surface area (Å²) < 4.78 is 21.5. The molecule has 1 aliphatic carbocycles. The minimum Gasteiger partial charge on any atom is -0.462 e. The number of ether oxygens (including phenoxy) is 4. The first-order chi connectivity index (χ1) is 28.1. The molecule has 0 unspecified atom stereocenters. The summed E-state index contributed by atoms with van der Waals surface area (Å²) in [7, 11) is 0. The Labute approximate surface area is 346 Å². The van der Waals surface area contributed by atoms with E-state index < -0.39 is 71.6 Å². The first-order valence-electron chi connectivity index (χ1n) is 20.3. The van der Waals surface area contributed by atoms with Crippen molar-refractivity contribution in [2.45, 2.75) is 148 Å². The Morgan fingerprint density at radius 1 is 0.644 bits per heavy atom. The number of hydrogen-bond acceptors (Lipinski definition) is 11. The zero-order chi connectivity index (χ0) is 43.2. The summed E-state index contributed by atoms with van der Waals surface area (Å²) in [6, 6.07) is 13.6. The molecule has 59 heavy (non-hydrogen) atoms. The molecule has 2 aromatic carbocycles. The molecule has 5 amide bonds. The molecule has 0 saturated heterocycles. The molecule has 324 valence electrons. The lowest BCUT2D eigenvalue weighted by molar-refractivity contribution is -0.151. The smallest absolute Gasteiger partial charge is 0.408 e. The molecule has 0 aliphatic heterocycles. The molecule has 5 N–H and O–H groups in total. The minimum absolute atomic E-state index is 0.00350. The number of nitrogens with one attached hydrogen (secondary N) is 5. The normalized spacial score (nSPS) is 14.9. The molecule has 4 atom stereocenters. The van der Waals surface area contributed by atoms with Gasteiger partial charge in [-0.1, -0.05) is 67.1 Å². The monoisotopic (exact) mass is 823 g/mol. The van der Waals surface area contributed by atoms with Crippen LogP contribution in [0.5, 0.6) is 0 Å². The number of benzene rings is 2. The van der Waals surface area contributed by atoms with Crippen LogP contribution in [0.1, 0.15) is 110 Å². The topological polar surface area (TPSA) is 217 Å². The van der Waals surface area contributed by atoms with Crippen molar-refractivity contribution in [3.05, 3.63) is 71.8 Å². The van der Waals surface area contributed by atoms with Crippen LogP contribution in [0, 0.1) is 0 Å². The van der Waals surface area contributed by atoms with Crippen molar-refractivity contribution < 1.29 is 52.5 Å². The molecule has 1 aliphatic rings. The highest BCUT2D eigenvalue weighted by Gasteiger charge is 2.31. The zero-order valence-electron chi connectivity index (χ0n) is 34.8. The van der Waals surface area contributed by atoms with Crippen molar-refractivity contribution in [1.82, 2.24) is 26.6 Å². The molecular weight excluding hydrogens is 762 g/mol. The highest BCUT2D eigenvalue weighted by atomic mass is 16.6. The first kappa shape index (κ1) is 47.7. The van der Waals surface area contributed by atoms with E-state index in [2.05, 4.69) is 26.6 Å². The van der Waals surface area contributed by atoms with E-state index in [1.807, 2.05) is 36.4 Å². The average Bonchev–Trinajstić information content (AvgIpc) is 3.20. The fourth-order valence-corrected chi connectivity index (χ4v) is 6.02. The van der Waals surface area contributed by atoms with Crippen molar-refractivity contribution in [2.75, 3.05) is 6.54 Å². The lowest BCUT2D eigenvalue weighted by Gasteiger charge is -2.26. The van der Waals surface area contributed by atoms with Gasteiger partial charge in [-0.15, -0.1) is 0 Å². The van der Waals surface area contributed by atoms with Gasteiger partial charge in [-0.2, -0.15) is 0 Å². The van der Waals surface area contributed by atoms with Crippen molar-refractivity contribution >= 4 is 41.8 Å². The second-order valence-electron chi connectivity index (χ2n) is 15.6. The minimum atomic E-state index is -1.26. The number of rotatable bonds is 21. The Morgan fingerprint density at radius 2 is 1.20 bits per heavy atom. The Kier molecular flexibility index (Phi) is 20.2. The van der Waals surface area contributed by atoms with Gasteiger partial charge in [0.25, 0.3) is 0 Å². The molecule has 0 spiro atoms. The number of alkyl carbamates (subject to hydrolysis) is 2. The third-order valence-electron chi connectivity index (χ3n) is 9.22. The van der Waals surface area contributed by atoms with Gasteiger partial charge in [-0.05, 0) is 97.1 Å². The summed E-state index contributed by atoms with van der Waals surface area (Å²) in [6.45, 7) is 8.18. The largest absolute Gasteiger partial charge is 0.462 e. The van der Waals surface area contributed by atoms with Crippen LogP contribution in [0.4, 0.5) is 9.59 Å². The van der Waals surface area contributed by atoms with Gasteiger partial charge >= 0.3 is 24.1 Å². The van der Waals surface area contributed by atoms with E-state index >= 15 is 0 Å². The van der Waals surface area contributed by atoms with Crippen LogP contribution in [0.2, 0.25) is 0 Å². The standard InChI is InChI=1S/C43H61N5O11/c1-29(45-39(52)35(48-42(55)59-43(3,4)5)24-25-36(49)58-33-21-13-8-14-22-33)37(50)47-34(23-15-16-26-44-41(54)57-28-32-19-11-7-12-20-32)38(51)46-30(2)40(53)56-27-31-17-9-6-10-18-31/h6-7,9-12,17-20,29-30,33-35H,8,13-16,21-28H2,1-5H3,(H,44,54)(H,45,52)(H,46,51)(H,47,50)(H,48,55)/t29-,30-,34+,35+/m1/s1. The summed E-state index contributed by atoms with van der Waals surface area (Å²) in [5.74, 6) is -3.34. The summed E-state index contributed by atoms with van der Waals surface area (Å²) >= 11 is 0. The average molecular weight is 824 g/mol. The molecule has 2 aromatic rings. The summed E-state index contributed by atoms with van der Waals surface area (Å²) in [5, 5.41) is 13.0. The van der Waals surface area contributed by atoms with Crippen molar-refractivity contribution in [3.63, 3.8) is 0 Å². The van der Waals surface area contributed by atoms with Crippen molar-refractivity contribution in [1.29, 1.82) is 0 Å². The second kappa shape index (κ2) is 25.0. The van der Waals surface area contributed by atoms with E-state index in [0.29, 0.717) is 12.8 Å². The molecule has 16 heteroatoms. The van der Waals surface area contributed by atoms with Crippen LogP contribution in [0.3, 0.4) is 0 Å². The van der Waals surface area contributed by atoms with Gasteiger partial charge in [0, 0.05) is 13.0 Å². The summed E-state index contributed by atoms with van der Waals surface area (Å²) in [5.41, 5.74) is 0.729. The number of hydrogen-bond donors (Lipinski definition) is 5. The molecule has 0 bridgehead atoms. The second-order valence-corrected chi connectivity index (χ2v) is 15.6. The Morgan fingerprint density at radius 3 is 1.80 bits per heavy atom. The molecular formula is C43H61N5O11. The van der Waals surface area contributed by atoms with Gasteiger partial charge < -0.3 is 45.5 Å². The molecule has 0 heterocycles. The number of carbonyl (C=O) groups excluding carboxylic acids is 7. The van der Waals surface area contributed by atoms with E-state index in [1.54, 1.807) is 45.0 Å². The van der Waals surface area contributed by atoms with Gasteiger partial charge in [0.15, 0.2) is 0 Å². The van der Waals surface area contributed by atoms with Gasteiger partial charge in [0.1, 0.15) is 49.1 Å². The van der Waals surface area contributed by atoms with Crippen LogP contribution >= 0.6 is 0 Å². The molecule has 16 nitrogen and oxygen atoms in total. The first-order valence-corrected chi connectivity index (χ1v) is 20.3. The van der Waals surface area contributed by atoms with Crippen LogP contribution in [-0.4, -0.2) is 84.3 Å². The zero-order valence-corrected chi connectivity index (χ0v) is 34.8. The molecule has 1 saturated carbocycles. The lowest BCUT2D eigenvalue weighted by Crippen LogP contribution is -2.57. The fraction of sp³-hybridized carbons (Fsp3) is 0.558. The van der Waals surface area contributed by atoms with E-state index in [-0.39, 0.29) is 45.1 Å². The molecule has 0 aromatic heterocycles. The number of esters is 2. The third kappa shape index (κ3) is 19.6. The molecule has 3 rings (SSSR count). The Hall–Kier alpha value is -5.67. The van der Waals surface area contributed by atoms with Gasteiger partial charge in [-0.25, -0.2) is 14.4 Å². The van der Waals surface area contributed by atoms with E-state index in [0.717, 1.165) is 43.2 Å². The quantitative estimate of drug-likeness (QED) is 0.0650. The predicted octanol–water partition coefficient (Wildman–Crippen LogP) is 4.87. The van der Waals surface area contributed by atoms with Crippen molar-refractivity contribution in [3.8, 4) is 0 Å². The fourth-order valence-electron chi connectivity index (χ4n) is 6.02. The van der Waals surface area contributed by atoms with E-state index in [4.69, 9.17) is 18.9 Å². The number of amides is 5. The van der Waals surface area contributed by atoms with Crippen molar-refractivity contribution in [2.24, 2.45) is 0 Å². The lowest BCUT2D eigenvalue weighted by atomic mass is 9.98. The van der Waals surface area contributed by atoms with E-state index in [9.17, 15) is 33.6 Å². The molecule has 1 fully saturated rings. The maximum atomic E-state index is 13.5. The maximum absolute atomic E-state index is 13.5. The van der Waals surface area contributed by atoms with Gasteiger partial charge in [0.05, 0.1) is 0 Å². The van der Waals surface area contributed by atoms with Crippen LogP contribution < -0.4 is 26.6 Å². The summed E-state index contributed by atoms with van der Waals surface area (Å²) in [6.07, 6.45) is 3.49. The van der Waals surface area contributed by atoms with Crippen LogP contribution in [0.15, 0.2) is 60.7 Å². The summed E-state index contributed by atoms with van der Waals surface area (Å²) in [4.78, 5) is 90.8. The maximum Gasteiger partial charge on any atom is 0.408 e. The van der Waals surface area contributed by atoms with Gasteiger partial charge in [0.2, 0.25) is 17.7 Å². The number of unbranched alkanes of at least 4 members (excludes halogenated alkanes) is 1. The van der Waals surface area contributed by atoms with E-state index in [1.165, 1.54) is 13.8 Å². The highest BCUT2D eigenvalue weighted by molar-refractivity contribution is 5.94. The predicted molar refractivity (Wildman–Crippen MR) is 217 cm³/mol. The number of carbonyl (C=O) groups is 7. The highest BCUT2D eigenvalue weighted by Crippen LogP contribution is 2.21. The Balaban J connectivity index is 1.61. The van der Waals surface area contributed by atoms with Crippen LogP contribution in [-0.2, 0) is 56.1 Å².